The van der Waals surface area contributed by atoms with Crippen molar-refractivity contribution in [1.82, 2.24) is 10.6 Å². The Kier molecular flexibility index (Phi) is 4.76. The molecule has 1 aromatic carbocycles. The lowest BCUT2D eigenvalue weighted by molar-refractivity contribution is -0.119. The minimum atomic E-state index is -0.240. The molecule has 7 heteroatoms. The fourth-order valence-corrected chi connectivity index (χ4v) is 1.88. The summed E-state index contributed by atoms with van der Waals surface area (Å²) in [5.74, 6) is -0.0145. The molecule has 112 valence electrons. The zero-order valence-corrected chi connectivity index (χ0v) is 11.7. The Labute approximate surface area is 122 Å². The lowest BCUT2D eigenvalue weighted by atomic mass is 10.1. The molecule has 0 atom stereocenters. The van der Waals surface area contributed by atoms with Gasteiger partial charge >= 0.3 is 0 Å². The van der Waals surface area contributed by atoms with E-state index in [0.29, 0.717) is 36.5 Å². The van der Waals surface area contributed by atoms with Gasteiger partial charge in [0.05, 0.1) is 5.69 Å². The van der Waals surface area contributed by atoms with Gasteiger partial charge in [-0.15, -0.1) is 0 Å². The van der Waals surface area contributed by atoms with Gasteiger partial charge in [-0.05, 0) is 24.6 Å². The van der Waals surface area contributed by atoms with Gasteiger partial charge in [-0.3, -0.25) is 14.4 Å². The number of nitrogens with one attached hydrogen (secondary N) is 3. The van der Waals surface area contributed by atoms with Crippen LogP contribution in [0.4, 0.5) is 5.69 Å². The molecule has 7 nitrogen and oxygen atoms in total. The van der Waals surface area contributed by atoms with Crippen LogP contribution in [0.5, 0.6) is 5.75 Å². The van der Waals surface area contributed by atoms with Crippen LogP contribution in [0.25, 0.3) is 0 Å². The summed E-state index contributed by atoms with van der Waals surface area (Å²) in [7, 11) is 0. The van der Waals surface area contributed by atoms with E-state index in [1.807, 2.05) is 0 Å². The zero-order chi connectivity index (χ0) is 15.2. The highest BCUT2D eigenvalue weighted by molar-refractivity contribution is 5.99. The van der Waals surface area contributed by atoms with Gasteiger partial charge in [-0.2, -0.15) is 0 Å². The molecule has 1 aliphatic rings. The van der Waals surface area contributed by atoms with Gasteiger partial charge in [-0.25, -0.2) is 0 Å². The standard InChI is InChI=1S/C14H17N3O4/c1-9(18)15-5-2-6-16-14(20)10-3-4-12-11(7-10)17-13(19)8-21-12/h3-4,7H,2,5-6,8H2,1H3,(H,15,18)(H,16,20)(H,17,19). The maximum atomic E-state index is 12.0. The predicted molar refractivity (Wildman–Crippen MR) is 76.2 cm³/mol. The molecule has 0 saturated heterocycles. The SMILES string of the molecule is CC(=O)NCCCNC(=O)c1ccc2c(c1)NC(=O)CO2. The quantitative estimate of drug-likeness (QED) is 0.679. The number of rotatable bonds is 5. The van der Waals surface area contributed by atoms with Crippen molar-refractivity contribution in [3.8, 4) is 5.75 Å². The summed E-state index contributed by atoms with van der Waals surface area (Å²) in [5.41, 5.74) is 0.941. The molecule has 0 saturated carbocycles. The first-order chi connectivity index (χ1) is 10.1. The highest BCUT2D eigenvalue weighted by Crippen LogP contribution is 2.28. The van der Waals surface area contributed by atoms with Crippen molar-refractivity contribution in [1.29, 1.82) is 0 Å². The zero-order valence-electron chi connectivity index (χ0n) is 11.7. The van der Waals surface area contributed by atoms with Crippen LogP contribution in [0.3, 0.4) is 0 Å². The Morgan fingerprint density at radius 2 is 2.05 bits per heavy atom. The van der Waals surface area contributed by atoms with E-state index in [0.717, 1.165) is 0 Å². The normalized spacial score (nSPS) is 12.7. The number of anilines is 1. The number of carbonyl (C=O) groups is 3. The highest BCUT2D eigenvalue weighted by Gasteiger charge is 2.17. The van der Waals surface area contributed by atoms with Crippen LogP contribution < -0.4 is 20.7 Å². The molecule has 1 heterocycles. The van der Waals surface area contributed by atoms with Gasteiger partial charge in [0.1, 0.15) is 5.75 Å². The summed E-state index contributed by atoms with van der Waals surface area (Å²) in [6.07, 6.45) is 0.649. The third kappa shape index (κ3) is 4.20. The summed E-state index contributed by atoms with van der Waals surface area (Å²) >= 11 is 0. The van der Waals surface area contributed by atoms with Crippen LogP contribution >= 0.6 is 0 Å². The molecule has 0 unspecified atom stereocenters. The molecular formula is C14H17N3O4. The smallest absolute Gasteiger partial charge is 0.262 e. The van der Waals surface area contributed by atoms with Crippen molar-refractivity contribution in [2.45, 2.75) is 13.3 Å². The third-order valence-corrected chi connectivity index (χ3v) is 2.89. The Hall–Kier alpha value is -2.57. The fraction of sp³-hybridized carbons (Fsp3) is 0.357. The summed E-state index contributed by atoms with van der Waals surface area (Å²) in [5, 5.41) is 8.05. The number of hydrogen-bond acceptors (Lipinski definition) is 4. The van der Waals surface area contributed by atoms with Crippen molar-refractivity contribution in [3.63, 3.8) is 0 Å². The summed E-state index contributed by atoms with van der Waals surface area (Å²) in [6, 6.07) is 4.87. The lowest BCUT2D eigenvalue weighted by Crippen LogP contribution is -2.29. The largest absolute Gasteiger partial charge is 0.482 e. The Morgan fingerprint density at radius 3 is 2.81 bits per heavy atom. The van der Waals surface area contributed by atoms with E-state index < -0.39 is 0 Å². The molecule has 3 amide bonds. The van der Waals surface area contributed by atoms with Crippen LogP contribution in [-0.4, -0.2) is 37.4 Å². The number of fused-ring (bicyclic) bond motifs is 1. The number of benzene rings is 1. The van der Waals surface area contributed by atoms with E-state index in [2.05, 4.69) is 16.0 Å². The van der Waals surface area contributed by atoms with Gasteiger partial charge in [0.15, 0.2) is 6.61 Å². The second kappa shape index (κ2) is 6.74. The molecular weight excluding hydrogens is 274 g/mol. The van der Waals surface area contributed by atoms with Crippen molar-refractivity contribution in [3.05, 3.63) is 23.8 Å². The Balaban J connectivity index is 1.86. The highest BCUT2D eigenvalue weighted by atomic mass is 16.5. The molecule has 2 rings (SSSR count). The molecule has 0 aromatic heterocycles. The molecule has 3 N–H and O–H groups in total. The third-order valence-electron chi connectivity index (χ3n) is 2.89. The molecule has 0 radical (unpaired) electrons. The van der Waals surface area contributed by atoms with E-state index in [1.165, 1.54) is 6.92 Å². The minimum Gasteiger partial charge on any atom is -0.482 e. The monoisotopic (exact) mass is 291 g/mol. The molecule has 0 aliphatic carbocycles. The topological polar surface area (TPSA) is 96.5 Å². The number of carbonyl (C=O) groups excluding carboxylic acids is 3. The van der Waals surface area contributed by atoms with E-state index in [-0.39, 0.29) is 24.3 Å². The van der Waals surface area contributed by atoms with E-state index in [9.17, 15) is 14.4 Å². The number of hydrogen-bond donors (Lipinski definition) is 3. The summed E-state index contributed by atoms with van der Waals surface area (Å²) < 4.78 is 5.22. The minimum absolute atomic E-state index is 0.0122. The second-order valence-corrected chi connectivity index (χ2v) is 4.64. The first-order valence-electron chi connectivity index (χ1n) is 6.65. The first-order valence-corrected chi connectivity index (χ1v) is 6.65. The van der Waals surface area contributed by atoms with Gasteiger partial charge in [0, 0.05) is 25.6 Å². The van der Waals surface area contributed by atoms with Crippen LogP contribution in [0.15, 0.2) is 18.2 Å². The van der Waals surface area contributed by atoms with E-state index >= 15 is 0 Å². The molecule has 0 bridgehead atoms. The fourth-order valence-electron chi connectivity index (χ4n) is 1.88. The van der Waals surface area contributed by atoms with E-state index in [1.54, 1.807) is 18.2 Å². The van der Waals surface area contributed by atoms with Gasteiger partial charge < -0.3 is 20.7 Å². The molecule has 21 heavy (non-hydrogen) atoms. The summed E-state index contributed by atoms with van der Waals surface area (Å²) in [4.78, 5) is 33.9. The van der Waals surface area contributed by atoms with E-state index in [4.69, 9.17) is 4.74 Å². The van der Waals surface area contributed by atoms with Gasteiger partial charge in [0.2, 0.25) is 5.91 Å². The Morgan fingerprint density at radius 1 is 1.29 bits per heavy atom. The second-order valence-electron chi connectivity index (χ2n) is 4.64. The average molecular weight is 291 g/mol. The number of ether oxygens (including phenoxy) is 1. The average Bonchev–Trinajstić information content (AvgIpc) is 2.45. The van der Waals surface area contributed by atoms with Crippen molar-refractivity contribution >= 4 is 23.4 Å². The molecule has 1 aromatic rings. The number of amides is 3. The predicted octanol–water partition coefficient (Wildman–Crippen LogP) is 0.273. The van der Waals surface area contributed by atoms with Crippen LogP contribution in [-0.2, 0) is 9.59 Å². The summed E-state index contributed by atoms with van der Waals surface area (Å²) in [6.45, 7) is 2.41. The van der Waals surface area contributed by atoms with Crippen LogP contribution in [0.2, 0.25) is 0 Å². The van der Waals surface area contributed by atoms with Crippen molar-refractivity contribution < 1.29 is 19.1 Å². The lowest BCUT2D eigenvalue weighted by Gasteiger charge is -2.18. The van der Waals surface area contributed by atoms with Crippen molar-refractivity contribution in [2.24, 2.45) is 0 Å². The molecule has 0 spiro atoms. The Bertz CT molecular complexity index is 571. The van der Waals surface area contributed by atoms with Crippen molar-refractivity contribution in [2.75, 3.05) is 25.0 Å². The van der Waals surface area contributed by atoms with Crippen LogP contribution in [0, 0.1) is 0 Å². The van der Waals surface area contributed by atoms with Crippen LogP contribution in [0.1, 0.15) is 23.7 Å². The van der Waals surface area contributed by atoms with Gasteiger partial charge in [0.25, 0.3) is 11.8 Å². The molecule has 0 fully saturated rings. The first kappa shape index (κ1) is 14.8. The van der Waals surface area contributed by atoms with Gasteiger partial charge in [-0.1, -0.05) is 0 Å². The maximum absolute atomic E-state index is 12.0. The molecule has 1 aliphatic heterocycles. The maximum Gasteiger partial charge on any atom is 0.262 e.